The van der Waals surface area contributed by atoms with Gasteiger partial charge in [0, 0.05) is 23.8 Å². The maximum Gasteiger partial charge on any atom is 0.232 e. The summed E-state index contributed by atoms with van der Waals surface area (Å²) in [7, 11) is -3.60. The second-order valence-corrected chi connectivity index (χ2v) is 6.92. The van der Waals surface area contributed by atoms with Gasteiger partial charge in [0.05, 0.1) is 12.8 Å². The molecular weight excluding hydrogens is 290 g/mol. The van der Waals surface area contributed by atoms with Gasteiger partial charge in [0.2, 0.25) is 10.0 Å². The monoisotopic (exact) mass is 307 g/mol. The first-order chi connectivity index (χ1) is 9.88. The first-order valence-electron chi connectivity index (χ1n) is 6.67. The third kappa shape index (κ3) is 4.01. The molecule has 1 aliphatic carbocycles. The van der Waals surface area contributed by atoms with E-state index in [9.17, 15) is 18.0 Å². The summed E-state index contributed by atoms with van der Waals surface area (Å²) in [5.41, 5.74) is 0.854. The number of hydrogen-bond donors (Lipinski definition) is 0. The van der Waals surface area contributed by atoms with Crippen LogP contribution in [-0.2, 0) is 14.8 Å². The number of allylic oxidation sites excluding steroid dienone is 2. The number of nitrogens with zero attached hydrogens (tertiary/aromatic N) is 1. The van der Waals surface area contributed by atoms with E-state index in [1.54, 1.807) is 30.3 Å². The molecule has 5 nitrogen and oxygen atoms in total. The van der Waals surface area contributed by atoms with Crippen LogP contribution < -0.4 is 0 Å². The lowest BCUT2D eigenvalue weighted by atomic mass is 10.0. The number of sulfonamides is 1. The zero-order valence-electron chi connectivity index (χ0n) is 11.8. The third-order valence-electron chi connectivity index (χ3n) is 3.29. The fourth-order valence-electron chi connectivity index (χ4n) is 2.25. The second kappa shape index (κ2) is 6.22. The molecule has 0 amide bonds. The molecule has 0 bridgehead atoms. The van der Waals surface area contributed by atoms with Gasteiger partial charge in [-0.05, 0) is 12.8 Å². The molecule has 0 fully saturated rings. The summed E-state index contributed by atoms with van der Waals surface area (Å²) < 4.78 is 24.9. The SMILES string of the molecule is CS(=O)(=O)N(CC(=O)c1ccccc1)C1=CC(=O)CCC1. The average Bonchev–Trinajstić information content (AvgIpc) is 2.44. The van der Waals surface area contributed by atoms with Crippen LogP contribution in [0.4, 0.5) is 0 Å². The highest BCUT2D eigenvalue weighted by Crippen LogP contribution is 2.22. The Labute approximate surface area is 124 Å². The summed E-state index contributed by atoms with van der Waals surface area (Å²) >= 11 is 0. The molecule has 0 heterocycles. The number of carbonyl (C=O) groups is 2. The van der Waals surface area contributed by atoms with Crippen molar-refractivity contribution >= 4 is 21.6 Å². The van der Waals surface area contributed by atoms with Gasteiger partial charge in [-0.15, -0.1) is 0 Å². The average molecular weight is 307 g/mol. The van der Waals surface area contributed by atoms with Crippen molar-refractivity contribution in [3.8, 4) is 0 Å². The van der Waals surface area contributed by atoms with E-state index in [0.717, 1.165) is 10.6 Å². The molecule has 0 unspecified atom stereocenters. The van der Waals surface area contributed by atoms with Crippen molar-refractivity contribution in [3.05, 3.63) is 47.7 Å². The molecule has 0 N–H and O–H groups in total. The van der Waals surface area contributed by atoms with Crippen molar-refractivity contribution in [1.29, 1.82) is 0 Å². The fourth-order valence-corrected chi connectivity index (χ4v) is 3.17. The molecule has 21 heavy (non-hydrogen) atoms. The van der Waals surface area contributed by atoms with Gasteiger partial charge >= 0.3 is 0 Å². The van der Waals surface area contributed by atoms with Gasteiger partial charge < -0.3 is 0 Å². The Bertz CT molecular complexity index is 677. The first-order valence-corrected chi connectivity index (χ1v) is 8.52. The molecule has 1 aromatic carbocycles. The van der Waals surface area contributed by atoms with Gasteiger partial charge in [-0.2, -0.15) is 0 Å². The Hall–Kier alpha value is -1.95. The molecule has 6 heteroatoms. The molecule has 112 valence electrons. The highest BCUT2D eigenvalue weighted by atomic mass is 32.2. The Balaban J connectivity index is 2.26. The van der Waals surface area contributed by atoms with Crippen molar-refractivity contribution in [1.82, 2.24) is 4.31 Å². The lowest BCUT2D eigenvalue weighted by Crippen LogP contribution is -2.35. The molecule has 0 atom stereocenters. The zero-order chi connectivity index (χ0) is 15.5. The molecule has 0 saturated heterocycles. The molecule has 2 rings (SSSR count). The number of ketones is 2. The van der Waals surface area contributed by atoms with E-state index in [1.165, 1.54) is 6.08 Å². The van der Waals surface area contributed by atoms with Gasteiger partial charge in [-0.3, -0.25) is 13.9 Å². The summed E-state index contributed by atoms with van der Waals surface area (Å²) in [6.45, 7) is -0.276. The molecular formula is C15H17NO4S. The maximum absolute atomic E-state index is 12.2. The van der Waals surface area contributed by atoms with Crippen molar-refractivity contribution in [2.75, 3.05) is 12.8 Å². The lowest BCUT2D eigenvalue weighted by Gasteiger charge is -2.26. The van der Waals surface area contributed by atoms with Crippen molar-refractivity contribution in [2.24, 2.45) is 0 Å². The lowest BCUT2D eigenvalue weighted by molar-refractivity contribution is -0.115. The first kappa shape index (κ1) is 15.4. The topological polar surface area (TPSA) is 71.5 Å². The third-order valence-corrected chi connectivity index (χ3v) is 4.45. The van der Waals surface area contributed by atoms with Crippen LogP contribution in [0.5, 0.6) is 0 Å². The summed E-state index contributed by atoms with van der Waals surface area (Å²) in [6, 6.07) is 8.52. The number of hydrogen-bond acceptors (Lipinski definition) is 4. The normalized spacial score (nSPS) is 15.5. The smallest absolute Gasteiger partial charge is 0.232 e. The number of Topliss-reactive ketones (excluding diaryl/α,β-unsaturated/α-hetero) is 1. The number of carbonyl (C=O) groups excluding carboxylic acids is 2. The second-order valence-electron chi connectivity index (χ2n) is 5.01. The van der Waals surface area contributed by atoms with Crippen LogP contribution in [0.3, 0.4) is 0 Å². The van der Waals surface area contributed by atoms with Crippen molar-refractivity contribution < 1.29 is 18.0 Å². The fraction of sp³-hybridized carbons (Fsp3) is 0.333. The number of benzene rings is 1. The molecule has 0 saturated carbocycles. The van der Waals surface area contributed by atoms with Gasteiger partial charge in [-0.1, -0.05) is 30.3 Å². The minimum absolute atomic E-state index is 0.0999. The Kier molecular flexibility index (Phi) is 4.57. The highest BCUT2D eigenvalue weighted by Gasteiger charge is 2.25. The van der Waals surface area contributed by atoms with E-state index in [4.69, 9.17) is 0 Å². The van der Waals surface area contributed by atoms with Gasteiger partial charge in [0.1, 0.15) is 0 Å². The van der Waals surface area contributed by atoms with E-state index in [1.807, 2.05) is 0 Å². The van der Waals surface area contributed by atoms with Crippen molar-refractivity contribution in [3.63, 3.8) is 0 Å². The predicted octanol–water partition coefficient (Wildman–Crippen LogP) is 1.77. The molecule has 1 aromatic rings. The van der Waals surface area contributed by atoms with Gasteiger partial charge in [-0.25, -0.2) is 8.42 Å². The van der Waals surface area contributed by atoms with Crippen LogP contribution in [0.1, 0.15) is 29.6 Å². The van der Waals surface area contributed by atoms with E-state index < -0.39 is 10.0 Å². The van der Waals surface area contributed by atoms with Crippen LogP contribution in [-0.4, -0.2) is 37.1 Å². The highest BCUT2D eigenvalue weighted by molar-refractivity contribution is 7.88. The Morgan fingerprint density at radius 3 is 2.43 bits per heavy atom. The molecule has 0 spiro atoms. The van der Waals surface area contributed by atoms with Gasteiger partial charge in [0.25, 0.3) is 0 Å². The summed E-state index contributed by atoms with van der Waals surface area (Å²) in [5, 5.41) is 0. The van der Waals surface area contributed by atoms with Crippen molar-refractivity contribution in [2.45, 2.75) is 19.3 Å². The molecule has 0 aliphatic heterocycles. The molecule has 0 radical (unpaired) electrons. The largest absolute Gasteiger partial charge is 0.295 e. The Morgan fingerprint density at radius 1 is 1.19 bits per heavy atom. The maximum atomic E-state index is 12.2. The standard InChI is InChI=1S/C15H17NO4S/c1-21(19,20)16(13-8-5-9-14(17)10-13)11-15(18)12-6-3-2-4-7-12/h2-4,6-7,10H,5,8-9,11H2,1H3. The summed E-state index contributed by atoms with van der Waals surface area (Å²) in [5.74, 6) is -0.392. The zero-order valence-corrected chi connectivity index (χ0v) is 12.6. The van der Waals surface area contributed by atoms with Crippen LogP contribution in [0.15, 0.2) is 42.1 Å². The predicted molar refractivity (Wildman–Crippen MR) is 79.3 cm³/mol. The molecule has 0 aromatic heterocycles. The minimum Gasteiger partial charge on any atom is -0.295 e. The van der Waals surface area contributed by atoms with E-state index in [2.05, 4.69) is 0 Å². The van der Waals surface area contributed by atoms with Crippen LogP contribution >= 0.6 is 0 Å². The van der Waals surface area contributed by atoms with E-state index in [-0.39, 0.29) is 18.1 Å². The van der Waals surface area contributed by atoms with Crippen LogP contribution in [0, 0.1) is 0 Å². The Morgan fingerprint density at radius 2 is 1.86 bits per heavy atom. The quantitative estimate of drug-likeness (QED) is 0.777. The molecule has 1 aliphatic rings. The summed E-state index contributed by atoms with van der Waals surface area (Å²) in [4.78, 5) is 23.7. The van der Waals surface area contributed by atoms with Gasteiger partial charge in [0.15, 0.2) is 11.6 Å². The van der Waals surface area contributed by atoms with E-state index in [0.29, 0.717) is 30.5 Å². The number of rotatable bonds is 5. The van der Waals surface area contributed by atoms with E-state index >= 15 is 0 Å². The minimum atomic E-state index is -3.60. The summed E-state index contributed by atoms with van der Waals surface area (Å²) in [6.07, 6.45) is 3.90. The van der Waals surface area contributed by atoms with Crippen LogP contribution in [0.25, 0.3) is 0 Å². The van der Waals surface area contributed by atoms with Crippen LogP contribution in [0.2, 0.25) is 0 Å².